The second-order valence-corrected chi connectivity index (χ2v) is 4.69. The molecule has 18 heavy (non-hydrogen) atoms. The Hall–Kier alpha value is -1.61. The molecule has 2 N–H and O–H groups in total. The van der Waals surface area contributed by atoms with Crippen LogP contribution in [-0.2, 0) is 0 Å². The van der Waals surface area contributed by atoms with Gasteiger partial charge >= 0.3 is 0 Å². The zero-order valence-electron chi connectivity index (χ0n) is 10.8. The van der Waals surface area contributed by atoms with Crippen LogP contribution in [-0.4, -0.2) is 25.5 Å². The summed E-state index contributed by atoms with van der Waals surface area (Å²) in [6, 6.07) is 7.68. The first-order valence-electron chi connectivity index (χ1n) is 6.49. The van der Waals surface area contributed by atoms with Crippen molar-refractivity contribution in [3.63, 3.8) is 0 Å². The minimum Gasteiger partial charge on any atom is -0.352 e. The largest absolute Gasteiger partial charge is 0.352 e. The van der Waals surface area contributed by atoms with Gasteiger partial charge in [0.05, 0.1) is 0 Å². The molecule has 1 amide bonds. The van der Waals surface area contributed by atoms with Gasteiger partial charge in [0.1, 0.15) is 0 Å². The molecule has 1 aromatic carbocycles. The first kappa shape index (κ1) is 12.8. The van der Waals surface area contributed by atoms with Crippen LogP contribution in [0.3, 0.4) is 0 Å². The number of carbonyl (C=O) groups excluding carboxylic acids is 1. The average molecular weight is 244 g/mol. The van der Waals surface area contributed by atoms with Crippen LogP contribution in [0.5, 0.6) is 0 Å². The summed E-state index contributed by atoms with van der Waals surface area (Å²) in [7, 11) is 0. The molecule has 96 valence electrons. The summed E-state index contributed by atoms with van der Waals surface area (Å²) in [4.78, 5) is 11.9. The van der Waals surface area contributed by atoms with Crippen molar-refractivity contribution in [1.29, 1.82) is 0 Å². The van der Waals surface area contributed by atoms with Gasteiger partial charge in [0.2, 0.25) is 0 Å². The summed E-state index contributed by atoms with van der Waals surface area (Å²) in [6.07, 6.45) is 4.28. The van der Waals surface area contributed by atoms with Crippen LogP contribution in [0, 0.1) is 6.92 Å². The highest BCUT2D eigenvalue weighted by atomic mass is 16.1. The topological polar surface area (TPSA) is 41.1 Å². The Bertz CT molecular complexity index is 452. The van der Waals surface area contributed by atoms with E-state index in [2.05, 4.69) is 16.7 Å². The molecule has 3 nitrogen and oxygen atoms in total. The van der Waals surface area contributed by atoms with Gasteiger partial charge in [0.15, 0.2) is 0 Å². The molecule has 1 heterocycles. The Morgan fingerprint density at radius 3 is 3.06 bits per heavy atom. The highest BCUT2D eigenvalue weighted by molar-refractivity contribution is 5.94. The van der Waals surface area contributed by atoms with E-state index in [-0.39, 0.29) is 5.91 Å². The highest BCUT2D eigenvalue weighted by Gasteiger charge is 2.06. The summed E-state index contributed by atoms with van der Waals surface area (Å²) in [6.45, 7) is 4.73. The van der Waals surface area contributed by atoms with Crippen molar-refractivity contribution >= 4 is 5.91 Å². The fraction of sp³-hybridized carbons (Fsp3) is 0.400. The molecule has 0 atom stereocenters. The lowest BCUT2D eigenvalue weighted by atomic mass is 10.1. The third-order valence-corrected chi connectivity index (χ3v) is 3.17. The van der Waals surface area contributed by atoms with Gasteiger partial charge in [-0.3, -0.25) is 4.79 Å². The van der Waals surface area contributed by atoms with Gasteiger partial charge in [-0.15, -0.1) is 0 Å². The number of benzene rings is 1. The lowest BCUT2D eigenvalue weighted by Crippen LogP contribution is -2.26. The van der Waals surface area contributed by atoms with Gasteiger partial charge in [-0.25, -0.2) is 0 Å². The average Bonchev–Trinajstić information content (AvgIpc) is 2.40. The minimum atomic E-state index is 0.0215. The van der Waals surface area contributed by atoms with Crippen molar-refractivity contribution in [1.82, 2.24) is 10.6 Å². The molecular formula is C15H20N2O. The maximum Gasteiger partial charge on any atom is 0.251 e. The van der Waals surface area contributed by atoms with E-state index in [0.29, 0.717) is 0 Å². The van der Waals surface area contributed by atoms with E-state index in [4.69, 9.17) is 0 Å². The number of hydrogen-bond acceptors (Lipinski definition) is 2. The number of carbonyl (C=O) groups is 1. The van der Waals surface area contributed by atoms with Crippen molar-refractivity contribution in [2.45, 2.75) is 19.8 Å². The molecule has 0 radical (unpaired) electrons. The molecule has 0 bridgehead atoms. The maximum absolute atomic E-state index is 11.9. The molecule has 1 aromatic rings. The number of rotatable bonds is 4. The highest BCUT2D eigenvalue weighted by Crippen LogP contribution is 2.08. The lowest BCUT2D eigenvalue weighted by Gasteiger charge is -2.14. The normalized spacial score (nSPS) is 15.1. The molecule has 0 fully saturated rings. The molecule has 0 aliphatic carbocycles. The molecule has 0 unspecified atom stereocenters. The quantitative estimate of drug-likeness (QED) is 0.796. The third-order valence-electron chi connectivity index (χ3n) is 3.17. The van der Waals surface area contributed by atoms with Crippen LogP contribution < -0.4 is 10.6 Å². The predicted molar refractivity (Wildman–Crippen MR) is 73.7 cm³/mol. The monoisotopic (exact) mass is 244 g/mol. The molecule has 1 aliphatic rings. The molecular weight excluding hydrogens is 224 g/mol. The summed E-state index contributed by atoms with van der Waals surface area (Å²) in [5.41, 5.74) is 3.30. The van der Waals surface area contributed by atoms with Gasteiger partial charge < -0.3 is 10.6 Å². The van der Waals surface area contributed by atoms with Crippen LogP contribution in [0.1, 0.15) is 28.8 Å². The van der Waals surface area contributed by atoms with E-state index >= 15 is 0 Å². The standard InChI is InChI=1S/C15H20N2O/c1-12-3-2-4-14(11-12)15(18)17-10-7-13-5-8-16-9-6-13/h2-5,11,16H,6-10H2,1H3,(H,17,18). The van der Waals surface area contributed by atoms with E-state index in [1.54, 1.807) is 0 Å². The third kappa shape index (κ3) is 3.70. The first-order chi connectivity index (χ1) is 8.75. The first-order valence-corrected chi connectivity index (χ1v) is 6.49. The van der Waals surface area contributed by atoms with E-state index < -0.39 is 0 Å². The van der Waals surface area contributed by atoms with Crippen molar-refractivity contribution in [3.8, 4) is 0 Å². The van der Waals surface area contributed by atoms with Crippen molar-refractivity contribution in [2.75, 3.05) is 19.6 Å². The van der Waals surface area contributed by atoms with E-state index in [1.807, 2.05) is 31.2 Å². The van der Waals surface area contributed by atoms with Gasteiger partial charge in [-0.05, 0) is 38.4 Å². The fourth-order valence-electron chi connectivity index (χ4n) is 2.12. The zero-order chi connectivity index (χ0) is 12.8. The minimum absolute atomic E-state index is 0.0215. The van der Waals surface area contributed by atoms with Gasteiger partial charge in [0.25, 0.3) is 5.91 Å². The van der Waals surface area contributed by atoms with Crippen LogP contribution >= 0.6 is 0 Å². The Morgan fingerprint density at radius 1 is 1.44 bits per heavy atom. The van der Waals surface area contributed by atoms with E-state index in [9.17, 15) is 4.79 Å². The number of amides is 1. The van der Waals surface area contributed by atoms with Crippen molar-refractivity contribution in [2.24, 2.45) is 0 Å². The van der Waals surface area contributed by atoms with Gasteiger partial charge in [0, 0.05) is 18.7 Å². The Morgan fingerprint density at radius 2 is 2.33 bits per heavy atom. The van der Waals surface area contributed by atoms with Crippen LogP contribution in [0.2, 0.25) is 0 Å². The van der Waals surface area contributed by atoms with E-state index in [0.717, 1.165) is 43.6 Å². The van der Waals surface area contributed by atoms with Gasteiger partial charge in [-0.1, -0.05) is 29.3 Å². The number of aryl methyl sites for hydroxylation is 1. The summed E-state index contributed by atoms with van der Waals surface area (Å²) in [5, 5.41) is 6.26. The summed E-state index contributed by atoms with van der Waals surface area (Å²) >= 11 is 0. The van der Waals surface area contributed by atoms with Gasteiger partial charge in [-0.2, -0.15) is 0 Å². The SMILES string of the molecule is Cc1cccc(C(=O)NCCC2=CCNCC2)c1. The number of hydrogen-bond donors (Lipinski definition) is 2. The Balaban J connectivity index is 1.79. The molecule has 0 spiro atoms. The second kappa shape index (κ2) is 6.36. The number of nitrogens with one attached hydrogen (secondary N) is 2. The van der Waals surface area contributed by atoms with E-state index in [1.165, 1.54) is 5.57 Å². The second-order valence-electron chi connectivity index (χ2n) is 4.69. The maximum atomic E-state index is 11.9. The Kier molecular flexibility index (Phi) is 4.53. The summed E-state index contributed by atoms with van der Waals surface area (Å²) < 4.78 is 0. The van der Waals surface area contributed by atoms with Crippen LogP contribution in [0.15, 0.2) is 35.9 Å². The molecule has 2 rings (SSSR count). The Labute approximate surface area is 108 Å². The molecule has 0 saturated carbocycles. The smallest absolute Gasteiger partial charge is 0.251 e. The summed E-state index contributed by atoms with van der Waals surface area (Å²) in [5.74, 6) is 0.0215. The molecule has 3 heteroatoms. The molecule has 0 aromatic heterocycles. The van der Waals surface area contributed by atoms with Crippen molar-refractivity contribution < 1.29 is 4.79 Å². The fourth-order valence-corrected chi connectivity index (χ4v) is 2.12. The predicted octanol–water partition coefficient (Wildman–Crippen LogP) is 2.03. The molecule has 0 saturated heterocycles. The van der Waals surface area contributed by atoms with Crippen LogP contribution in [0.4, 0.5) is 0 Å². The molecule has 1 aliphatic heterocycles. The zero-order valence-corrected chi connectivity index (χ0v) is 10.8. The van der Waals surface area contributed by atoms with Crippen molar-refractivity contribution in [3.05, 3.63) is 47.0 Å². The van der Waals surface area contributed by atoms with Crippen LogP contribution in [0.25, 0.3) is 0 Å². The lowest BCUT2D eigenvalue weighted by molar-refractivity contribution is 0.0954.